The first-order valence-corrected chi connectivity index (χ1v) is 12.8. The van der Waals surface area contributed by atoms with Crippen molar-refractivity contribution in [3.8, 4) is 11.5 Å². The fraction of sp³-hybridized carbons (Fsp3) is 0.462. The van der Waals surface area contributed by atoms with Crippen LogP contribution < -0.4 is 19.7 Å². The molecule has 1 aliphatic carbocycles. The Morgan fingerprint density at radius 3 is 2.50 bits per heavy atom. The van der Waals surface area contributed by atoms with Gasteiger partial charge in [-0.15, -0.1) is 11.3 Å². The molecule has 2 aliphatic rings. The first-order chi connectivity index (χ1) is 16.5. The Hall–Kier alpha value is -3.00. The van der Waals surface area contributed by atoms with Gasteiger partial charge in [-0.3, -0.25) is 14.5 Å². The van der Waals surface area contributed by atoms with Crippen LogP contribution in [0.4, 0.5) is 5.69 Å². The number of aromatic nitrogens is 1. The molecule has 8 heteroatoms. The molecule has 0 bridgehead atoms. The van der Waals surface area contributed by atoms with E-state index in [4.69, 9.17) is 9.47 Å². The van der Waals surface area contributed by atoms with Crippen molar-refractivity contribution in [3.63, 3.8) is 0 Å². The van der Waals surface area contributed by atoms with Crippen LogP contribution in [0.5, 0.6) is 11.5 Å². The van der Waals surface area contributed by atoms with Gasteiger partial charge in [-0.1, -0.05) is 25.7 Å². The number of nitrogens with one attached hydrogen (secondary N) is 1. The van der Waals surface area contributed by atoms with Crippen LogP contribution in [0.15, 0.2) is 35.7 Å². The number of rotatable bonds is 5. The minimum atomic E-state index is -1.11. The van der Waals surface area contributed by atoms with Gasteiger partial charge in [0.25, 0.3) is 5.91 Å². The summed E-state index contributed by atoms with van der Waals surface area (Å²) in [5.41, 5.74) is 1.09. The number of methoxy groups -OCH3 is 2. The van der Waals surface area contributed by atoms with E-state index in [1.165, 1.54) is 12.8 Å². The number of nitrogens with zero attached hydrogens (tertiary/aromatic N) is 2. The predicted octanol–water partition coefficient (Wildman–Crippen LogP) is 4.98. The molecule has 2 aromatic heterocycles. The van der Waals surface area contributed by atoms with Gasteiger partial charge in [-0.25, -0.2) is 0 Å². The minimum absolute atomic E-state index is 0.120. The summed E-state index contributed by atoms with van der Waals surface area (Å²) in [6.07, 6.45) is 6.63. The topological polar surface area (TPSA) is 72.8 Å². The Morgan fingerprint density at radius 1 is 1.06 bits per heavy atom. The molecule has 0 radical (unpaired) electrons. The summed E-state index contributed by atoms with van der Waals surface area (Å²) in [6.45, 7) is 2.25. The van der Waals surface area contributed by atoms with Gasteiger partial charge in [0.15, 0.2) is 11.5 Å². The van der Waals surface area contributed by atoms with Crippen LogP contribution in [0.2, 0.25) is 0 Å². The standard InChI is InChI=1S/C26H31N3O4S/c1-26(25(31)27-17-8-6-4-5-7-9-17)16-28-19-12-13-34-23(19)15-20(28)24(30)29(26)18-10-11-21(32-2)22(14-18)33-3/h10-15,17H,4-9,16H2,1-3H3,(H,27,31)/t26-/m1/s1. The fourth-order valence-electron chi connectivity index (χ4n) is 5.35. The molecule has 1 fully saturated rings. The van der Waals surface area contributed by atoms with E-state index in [1.54, 1.807) is 42.6 Å². The second-order valence-electron chi connectivity index (χ2n) is 9.40. The van der Waals surface area contributed by atoms with Gasteiger partial charge in [0.05, 0.1) is 31.0 Å². The van der Waals surface area contributed by atoms with Crippen LogP contribution in [0, 0.1) is 0 Å². The van der Waals surface area contributed by atoms with Crippen molar-refractivity contribution in [2.24, 2.45) is 0 Å². The lowest BCUT2D eigenvalue weighted by Gasteiger charge is -2.44. The quantitative estimate of drug-likeness (QED) is 0.522. The second kappa shape index (κ2) is 8.98. The van der Waals surface area contributed by atoms with Crippen molar-refractivity contribution in [2.45, 2.75) is 63.6 Å². The summed E-state index contributed by atoms with van der Waals surface area (Å²) in [6, 6.07) is 9.45. The van der Waals surface area contributed by atoms with Gasteiger partial charge in [0.1, 0.15) is 11.2 Å². The van der Waals surface area contributed by atoms with E-state index in [-0.39, 0.29) is 17.9 Å². The maximum Gasteiger partial charge on any atom is 0.275 e. The summed E-state index contributed by atoms with van der Waals surface area (Å²) in [7, 11) is 3.14. The lowest BCUT2D eigenvalue weighted by atomic mass is 9.92. The van der Waals surface area contributed by atoms with E-state index in [1.807, 2.05) is 35.1 Å². The maximum absolute atomic E-state index is 14.0. The smallest absolute Gasteiger partial charge is 0.275 e. The molecule has 2 amide bonds. The molecule has 1 N–H and O–H groups in total. The Morgan fingerprint density at radius 2 is 1.79 bits per heavy atom. The van der Waals surface area contributed by atoms with Gasteiger partial charge in [-0.05, 0) is 49.4 Å². The third-order valence-electron chi connectivity index (χ3n) is 7.21. The highest BCUT2D eigenvalue weighted by atomic mass is 32.1. The van der Waals surface area contributed by atoms with Gasteiger partial charge in [0.2, 0.25) is 5.91 Å². The molecule has 5 rings (SSSR count). The van der Waals surface area contributed by atoms with Crippen LogP contribution in [-0.4, -0.2) is 42.2 Å². The number of hydrogen-bond acceptors (Lipinski definition) is 5. The molecule has 0 unspecified atom stereocenters. The molecule has 1 aliphatic heterocycles. The molecule has 1 saturated carbocycles. The summed E-state index contributed by atoms with van der Waals surface area (Å²) in [5.74, 6) is 0.774. The summed E-state index contributed by atoms with van der Waals surface area (Å²) < 4.78 is 13.9. The van der Waals surface area contributed by atoms with E-state index in [0.29, 0.717) is 29.4 Å². The SMILES string of the molecule is COc1ccc(N2C(=O)c3cc4sccc4n3C[C@]2(C)C(=O)NC2CCCCCC2)cc1OC. The highest BCUT2D eigenvalue weighted by Crippen LogP contribution is 2.40. The highest BCUT2D eigenvalue weighted by molar-refractivity contribution is 7.17. The number of fused-ring (bicyclic) bond motifs is 3. The van der Waals surface area contributed by atoms with Crippen molar-refractivity contribution >= 4 is 39.1 Å². The number of hydrogen-bond donors (Lipinski definition) is 1. The molecule has 3 aromatic rings. The molecule has 34 heavy (non-hydrogen) atoms. The van der Waals surface area contributed by atoms with Crippen molar-refractivity contribution in [2.75, 3.05) is 19.1 Å². The average molecular weight is 482 g/mol. The molecule has 0 spiro atoms. The van der Waals surface area contributed by atoms with Crippen LogP contribution in [0.1, 0.15) is 55.9 Å². The van der Waals surface area contributed by atoms with E-state index < -0.39 is 5.54 Å². The largest absolute Gasteiger partial charge is 0.493 e. The molecule has 0 saturated heterocycles. The predicted molar refractivity (Wildman–Crippen MR) is 134 cm³/mol. The van der Waals surface area contributed by atoms with Crippen molar-refractivity contribution in [1.29, 1.82) is 0 Å². The second-order valence-corrected chi connectivity index (χ2v) is 10.3. The molecule has 180 valence electrons. The zero-order valence-corrected chi connectivity index (χ0v) is 20.7. The average Bonchev–Trinajstić information content (AvgIpc) is 3.33. The van der Waals surface area contributed by atoms with Gasteiger partial charge in [-0.2, -0.15) is 0 Å². The Labute approximate surface area is 203 Å². The van der Waals surface area contributed by atoms with Crippen LogP contribution in [0.3, 0.4) is 0 Å². The summed E-state index contributed by atoms with van der Waals surface area (Å²) in [4.78, 5) is 29.5. The van der Waals surface area contributed by atoms with Crippen molar-refractivity contribution < 1.29 is 19.1 Å². The molecule has 3 heterocycles. The van der Waals surface area contributed by atoms with E-state index >= 15 is 0 Å². The molecular formula is C26H31N3O4S. The Bertz CT molecular complexity index is 1220. The number of anilines is 1. The number of amides is 2. The normalized spacial score (nSPS) is 21.3. The van der Waals surface area contributed by atoms with Crippen LogP contribution in [0.25, 0.3) is 10.2 Å². The first kappa shape index (κ1) is 22.8. The lowest BCUT2D eigenvalue weighted by Crippen LogP contribution is -2.65. The Kier molecular flexibility index (Phi) is 6.02. The highest BCUT2D eigenvalue weighted by Gasteiger charge is 2.49. The van der Waals surface area contributed by atoms with Crippen molar-refractivity contribution in [3.05, 3.63) is 41.4 Å². The number of carbonyl (C=O) groups excluding carboxylic acids is 2. The zero-order valence-electron chi connectivity index (χ0n) is 19.9. The minimum Gasteiger partial charge on any atom is -0.493 e. The Balaban J connectivity index is 1.59. The first-order valence-electron chi connectivity index (χ1n) is 11.9. The number of ether oxygens (including phenoxy) is 2. The molecule has 1 atom stereocenters. The number of carbonyl (C=O) groups is 2. The molecular weight excluding hydrogens is 450 g/mol. The van der Waals surface area contributed by atoms with Crippen molar-refractivity contribution in [1.82, 2.24) is 9.88 Å². The number of benzene rings is 1. The third-order valence-corrected chi connectivity index (χ3v) is 8.06. The van der Waals surface area contributed by atoms with Crippen LogP contribution >= 0.6 is 11.3 Å². The van der Waals surface area contributed by atoms with E-state index in [2.05, 4.69) is 5.32 Å². The third kappa shape index (κ3) is 3.74. The van der Waals surface area contributed by atoms with Gasteiger partial charge in [0, 0.05) is 17.8 Å². The molecule has 1 aromatic carbocycles. The molecule has 7 nitrogen and oxygen atoms in total. The fourth-order valence-corrected chi connectivity index (χ4v) is 6.17. The summed E-state index contributed by atoms with van der Waals surface area (Å²) in [5, 5.41) is 5.33. The van der Waals surface area contributed by atoms with E-state index in [9.17, 15) is 9.59 Å². The van der Waals surface area contributed by atoms with Gasteiger partial charge >= 0.3 is 0 Å². The maximum atomic E-state index is 14.0. The van der Waals surface area contributed by atoms with Crippen LogP contribution in [-0.2, 0) is 11.3 Å². The zero-order chi connectivity index (χ0) is 23.9. The lowest BCUT2D eigenvalue weighted by molar-refractivity contribution is -0.127. The summed E-state index contributed by atoms with van der Waals surface area (Å²) >= 11 is 1.60. The van der Waals surface area contributed by atoms with Gasteiger partial charge < -0.3 is 19.4 Å². The number of thiophene rings is 1. The van der Waals surface area contributed by atoms with E-state index in [0.717, 1.165) is 35.9 Å². The monoisotopic (exact) mass is 481 g/mol.